The van der Waals surface area contributed by atoms with Crippen LogP contribution >= 0.6 is 0 Å². The van der Waals surface area contributed by atoms with Gasteiger partial charge in [-0.05, 0) is 50.5 Å². The summed E-state index contributed by atoms with van der Waals surface area (Å²) < 4.78 is 0. The number of H-pyrrole nitrogens is 1. The normalized spacial score (nSPS) is 13.2. The fourth-order valence-corrected chi connectivity index (χ4v) is 4.85. The van der Waals surface area contributed by atoms with Crippen molar-refractivity contribution in [2.75, 3.05) is 13.1 Å². The van der Waals surface area contributed by atoms with E-state index in [0.717, 1.165) is 12.8 Å². The van der Waals surface area contributed by atoms with Crippen molar-refractivity contribution in [3.63, 3.8) is 0 Å². The van der Waals surface area contributed by atoms with Crippen LogP contribution in [-0.2, 0) is 41.6 Å². The zero-order chi connectivity index (χ0) is 36.3. The van der Waals surface area contributed by atoms with Gasteiger partial charge >= 0.3 is 0 Å². The zero-order valence-electron chi connectivity index (χ0n) is 28.6. The summed E-state index contributed by atoms with van der Waals surface area (Å²) in [6, 6.07) is 5.43. The molecule has 49 heavy (non-hydrogen) atoms. The lowest BCUT2D eigenvalue weighted by Crippen LogP contribution is -2.59. The predicted octanol–water partition coefficient (Wildman–Crippen LogP) is -0.651. The Balaban J connectivity index is 2.09. The van der Waals surface area contributed by atoms with Crippen LogP contribution < -0.4 is 38.1 Å². The number of aromatic amines is 1. The summed E-state index contributed by atoms with van der Waals surface area (Å²) in [6.07, 6.45) is 5.56. The first-order chi connectivity index (χ1) is 23.3. The molecule has 1 heterocycles. The number of aryl methyl sites for hydroxylation is 1. The van der Waals surface area contributed by atoms with Crippen LogP contribution in [0.2, 0.25) is 0 Å². The molecule has 0 aliphatic heterocycles. The molecule has 1 aromatic carbocycles. The molecule has 0 unspecified atom stereocenters. The average molecular weight is 683 g/mol. The summed E-state index contributed by atoms with van der Waals surface area (Å²) in [6.45, 7) is 6.62. The van der Waals surface area contributed by atoms with Crippen molar-refractivity contribution in [3.05, 3.63) is 54.1 Å². The van der Waals surface area contributed by atoms with Gasteiger partial charge in [-0.3, -0.25) is 33.8 Å². The molecule has 0 radical (unpaired) electrons. The number of benzene rings is 1. The van der Waals surface area contributed by atoms with E-state index in [1.54, 1.807) is 13.8 Å². The monoisotopic (exact) mass is 682 g/mol. The van der Waals surface area contributed by atoms with Gasteiger partial charge in [-0.1, -0.05) is 44.2 Å². The first kappa shape index (κ1) is 39.9. The summed E-state index contributed by atoms with van der Waals surface area (Å²) in [5.41, 5.74) is 12.5. The van der Waals surface area contributed by atoms with Crippen molar-refractivity contribution in [2.45, 2.75) is 90.4 Å². The van der Waals surface area contributed by atoms with Crippen LogP contribution in [0.3, 0.4) is 0 Å². The minimum atomic E-state index is -1.22. The molecule has 0 aliphatic rings. The SMILES string of the molecule is CC(=O)N[C@H](C(=O)N[C@@H](CCCN=C(N)N)C(=O)N[C@@H](Cc1cnc[nH]1)C(=O)N[C@@H](C)C(=O)C(=O)NCCCCc1ccccc1)C(C)C. The summed E-state index contributed by atoms with van der Waals surface area (Å²) in [4.78, 5) is 88.1. The van der Waals surface area contributed by atoms with Gasteiger partial charge < -0.3 is 43.0 Å². The molecule has 2 rings (SSSR count). The predicted molar refractivity (Wildman–Crippen MR) is 184 cm³/mol. The third-order valence-electron chi connectivity index (χ3n) is 7.49. The minimum absolute atomic E-state index is 0.0404. The topological polar surface area (TPSA) is 256 Å². The molecule has 16 nitrogen and oxygen atoms in total. The number of carbonyl (C=O) groups excluding carboxylic acids is 6. The lowest BCUT2D eigenvalue weighted by Gasteiger charge is -2.26. The summed E-state index contributed by atoms with van der Waals surface area (Å²) in [7, 11) is 0. The fourth-order valence-electron chi connectivity index (χ4n) is 4.85. The number of nitrogens with two attached hydrogens (primary N) is 2. The largest absolute Gasteiger partial charge is 0.370 e. The number of rotatable bonds is 21. The molecular formula is C33H50N10O6. The Hall–Kier alpha value is -5.28. The van der Waals surface area contributed by atoms with Gasteiger partial charge in [0.1, 0.15) is 18.1 Å². The third kappa shape index (κ3) is 15.0. The summed E-state index contributed by atoms with van der Waals surface area (Å²) in [5, 5.41) is 13.0. The number of aliphatic imine (C=N–C) groups is 1. The highest BCUT2D eigenvalue weighted by atomic mass is 16.2. The molecule has 2 aromatic rings. The van der Waals surface area contributed by atoms with Crippen molar-refractivity contribution in [3.8, 4) is 0 Å². The molecule has 0 saturated carbocycles. The Kier molecular flexibility index (Phi) is 17.0. The molecule has 0 bridgehead atoms. The van der Waals surface area contributed by atoms with Crippen molar-refractivity contribution in [1.29, 1.82) is 0 Å². The van der Waals surface area contributed by atoms with E-state index in [0.29, 0.717) is 25.1 Å². The fraction of sp³-hybridized carbons (Fsp3) is 0.515. The second-order valence-electron chi connectivity index (χ2n) is 12.1. The third-order valence-corrected chi connectivity index (χ3v) is 7.49. The highest BCUT2D eigenvalue weighted by Gasteiger charge is 2.32. The highest BCUT2D eigenvalue weighted by molar-refractivity contribution is 6.38. The van der Waals surface area contributed by atoms with Gasteiger partial charge in [0.25, 0.3) is 5.91 Å². The molecule has 16 heteroatoms. The van der Waals surface area contributed by atoms with Crippen molar-refractivity contribution < 1.29 is 28.8 Å². The van der Waals surface area contributed by atoms with Gasteiger partial charge in [0.2, 0.25) is 29.4 Å². The molecule has 268 valence electrons. The molecule has 0 saturated heterocycles. The van der Waals surface area contributed by atoms with E-state index < -0.39 is 59.5 Å². The van der Waals surface area contributed by atoms with Gasteiger partial charge in [-0.25, -0.2) is 4.98 Å². The van der Waals surface area contributed by atoms with E-state index in [9.17, 15) is 28.8 Å². The van der Waals surface area contributed by atoms with Crippen molar-refractivity contribution in [2.24, 2.45) is 22.4 Å². The first-order valence-corrected chi connectivity index (χ1v) is 16.3. The molecule has 1 aromatic heterocycles. The maximum Gasteiger partial charge on any atom is 0.289 e. The van der Waals surface area contributed by atoms with Crippen LogP contribution in [0.4, 0.5) is 0 Å². The van der Waals surface area contributed by atoms with Crippen molar-refractivity contribution in [1.82, 2.24) is 36.6 Å². The lowest BCUT2D eigenvalue weighted by atomic mass is 10.0. The number of imidazole rings is 1. The van der Waals surface area contributed by atoms with E-state index in [2.05, 4.69) is 41.5 Å². The van der Waals surface area contributed by atoms with Gasteiger partial charge in [-0.15, -0.1) is 0 Å². The van der Waals surface area contributed by atoms with Crippen LogP contribution in [-0.4, -0.2) is 88.5 Å². The van der Waals surface area contributed by atoms with Crippen LogP contribution in [0.15, 0.2) is 47.8 Å². The number of hydrogen-bond acceptors (Lipinski definition) is 8. The number of unbranched alkanes of at least 4 members (excludes halogenated alkanes) is 1. The minimum Gasteiger partial charge on any atom is -0.370 e. The average Bonchev–Trinajstić information content (AvgIpc) is 3.57. The highest BCUT2D eigenvalue weighted by Crippen LogP contribution is 2.08. The van der Waals surface area contributed by atoms with E-state index in [1.165, 1.54) is 31.9 Å². The van der Waals surface area contributed by atoms with Gasteiger partial charge in [-0.2, -0.15) is 0 Å². The van der Waals surface area contributed by atoms with E-state index in [4.69, 9.17) is 11.5 Å². The van der Waals surface area contributed by atoms with Gasteiger partial charge in [0.05, 0.1) is 12.4 Å². The Bertz CT molecular complexity index is 1410. The Morgan fingerprint density at radius 1 is 0.857 bits per heavy atom. The number of guanidine groups is 1. The zero-order valence-corrected chi connectivity index (χ0v) is 28.6. The maximum atomic E-state index is 13.6. The number of Topliss-reactive ketones (excluding diaryl/α,β-unsaturated/α-hetero) is 1. The molecule has 0 fully saturated rings. The van der Waals surface area contributed by atoms with E-state index in [1.807, 2.05) is 30.3 Å². The summed E-state index contributed by atoms with van der Waals surface area (Å²) >= 11 is 0. The number of hydrogen-bond donors (Lipinski definition) is 8. The number of amides is 5. The summed E-state index contributed by atoms with van der Waals surface area (Å²) in [5.74, 6) is -4.54. The molecule has 4 atom stereocenters. The van der Waals surface area contributed by atoms with Crippen molar-refractivity contribution >= 4 is 41.3 Å². The number of carbonyl (C=O) groups is 6. The molecular weight excluding hydrogens is 632 g/mol. The van der Waals surface area contributed by atoms with Crippen LogP contribution in [0.1, 0.15) is 64.6 Å². The quantitative estimate of drug-likeness (QED) is 0.0360. The number of ketones is 1. The smallest absolute Gasteiger partial charge is 0.289 e. The Morgan fingerprint density at radius 2 is 1.53 bits per heavy atom. The Morgan fingerprint density at radius 3 is 2.14 bits per heavy atom. The molecule has 10 N–H and O–H groups in total. The first-order valence-electron chi connectivity index (χ1n) is 16.3. The van der Waals surface area contributed by atoms with Crippen LogP contribution in [0, 0.1) is 5.92 Å². The molecule has 0 spiro atoms. The van der Waals surface area contributed by atoms with E-state index >= 15 is 0 Å². The number of nitrogens with one attached hydrogen (secondary N) is 6. The lowest BCUT2D eigenvalue weighted by molar-refractivity contribution is -0.140. The maximum absolute atomic E-state index is 13.6. The number of nitrogens with zero attached hydrogens (tertiary/aromatic N) is 2. The molecule has 0 aliphatic carbocycles. The van der Waals surface area contributed by atoms with E-state index in [-0.39, 0.29) is 31.3 Å². The van der Waals surface area contributed by atoms with Crippen LogP contribution in [0.5, 0.6) is 0 Å². The van der Waals surface area contributed by atoms with Gasteiger partial charge in [0, 0.05) is 38.3 Å². The number of aromatic nitrogens is 2. The molecule has 5 amide bonds. The second-order valence-corrected chi connectivity index (χ2v) is 12.1. The van der Waals surface area contributed by atoms with Crippen LogP contribution in [0.25, 0.3) is 0 Å². The second kappa shape index (κ2) is 20.8. The Labute approximate surface area is 286 Å². The van der Waals surface area contributed by atoms with Gasteiger partial charge in [0.15, 0.2) is 5.96 Å². The standard InChI is InChI=1S/C33H50N10O6/c1-20(2)27(41-22(4)44)31(48)42-25(14-10-16-38-33(34)35)29(46)43-26(17-24-18-36-19-39-24)30(47)40-21(3)28(45)32(49)37-15-9-8-13-23-11-6-5-7-12-23/h5-7,11-12,18-21,25-27H,8-10,13-17H2,1-4H3,(H,36,39)(H,37,49)(H,40,47)(H,41,44)(H,42,48)(H,43,46)(H4,34,35,38)/t21-,25-,26-,27-/m0/s1.